The van der Waals surface area contributed by atoms with Crippen molar-refractivity contribution in [1.82, 2.24) is 10.6 Å². The summed E-state index contributed by atoms with van der Waals surface area (Å²) in [6.07, 6.45) is 32.0. The Balaban J connectivity index is 2.33. The number of hydrogen-bond acceptors (Lipinski definition) is 7. The van der Waals surface area contributed by atoms with E-state index in [0.717, 1.165) is 55.4 Å². The summed E-state index contributed by atoms with van der Waals surface area (Å²) in [5.41, 5.74) is 1.31. The van der Waals surface area contributed by atoms with Crippen LogP contribution in [0.4, 0.5) is 0 Å². The lowest BCUT2D eigenvalue weighted by molar-refractivity contribution is -0.158. The maximum Gasteiger partial charge on any atom is 0.332 e. The van der Waals surface area contributed by atoms with E-state index in [-0.39, 0.29) is 24.8 Å². The summed E-state index contributed by atoms with van der Waals surface area (Å²) in [5, 5.41) is 5.24. The molecule has 0 aromatic heterocycles. The number of methoxy groups -OCH3 is 1. The first-order valence-electron chi connectivity index (χ1n) is 18.9. The molecule has 1 aromatic carbocycles. The smallest absolute Gasteiger partial charge is 0.332 e. The van der Waals surface area contributed by atoms with Gasteiger partial charge in [0.15, 0.2) is 6.04 Å². The van der Waals surface area contributed by atoms with Crippen molar-refractivity contribution >= 4 is 23.8 Å². The summed E-state index contributed by atoms with van der Waals surface area (Å²) in [7, 11) is 1.20. The van der Waals surface area contributed by atoms with E-state index < -0.39 is 29.5 Å². The van der Waals surface area contributed by atoms with Crippen molar-refractivity contribution in [2.45, 2.75) is 118 Å². The van der Waals surface area contributed by atoms with Crippen LogP contribution in [0.15, 0.2) is 91.1 Å². The molecule has 2 unspecified atom stereocenters. The van der Waals surface area contributed by atoms with Crippen molar-refractivity contribution < 1.29 is 33.4 Å². The number of carbonyl (C=O) groups excluding carboxylic acids is 4. The highest BCUT2D eigenvalue weighted by Crippen LogP contribution is 2.25. The quantitative estimate of drug-likeness (QED) is 0.0556. The number of aryl methyl sites for hydroxylation is 2. The molecule has 1 aromatic rings. The average molecular weight is 733 g/mol. The van der Waals surface area contributed by atoms with Crippen LogP contribution in [0.3, 0.4) is 0 Å². The van der Waals surface area contributed by atoms with Gasteiger partial charge in [-0.1, -0.05) is 106 Å². The fraction of sp³-hybridized carbons (Fsp3) is 0.500. The molecule has 0 aliphatic heterocycles. The predicted molar refractivity (Wildman–Crippen MR) is 214 cm³/mol. The highest BCUT2D eigenvalue weighted by molar-refractivity contribution is 5.88. The lowest BCUT2D eigenvalue weighted by Gasteiger charge is -2.29. The summed E-state index contributed by atoms with van der Waals surface area (Å²) in [6, 6.07) is 4.80. The van der Waals surface area contributed by atoms with E-state index in [1.165, 1.54) is 14.0 Å². The number of carbonyl (C=O) groups is 4. The molecule has 0 saturated carbocycles. The fourth-order valence-corrected chi connectivity index (χ4v) is 4.93. The first kappa shape index (κ1) is 46.4. The summed E-state index contributed by atoms with van der Waals surface area (Å²) < 4.78 is 16.2. The van der Waals surface area contributed by atoms with Gasteiger partial charge in [0, 0.05) is 11.8 Å². The normalized spacial score (nSPS) is 13.4. The van der Waals surface area contributed by atoms with Gasteiger partial charge in [-0.05, 0) is 95.8 Å². The van der Waals surface area contributed by atoms with Crippen LogP contribution in [0, 0.1) is 19.3 Å². The topological polar surface area (TPSA) is 120 Å². The minimum atomic E-state index is -1.22. The molecular weight excluding hydrogens is 668 g/mol. The first-order valence-corrected chi connectivity index (χ1v) is 18.9. The molecule has 292 valence electrons. The molecule has 0 fully saturated rings. The van der Waals surface area contributed by atoms with Crippen molar-refractivity contribution in [1.29, 1.82) is 0 Å². The van der Waals surface area contributed by atoms with E-state index in [1.54, 1.807) is 13.8 Å². The van der Waals surface area contributed by atoms with Crippen LogP contribution in [0.25, 0.3) is 0 Å². The second kappa shape index (κ2) is 27.9. The largest absolute Gasteiger partial charge is 0.493 e. The Kier molecular flexibility index (Phi) is 24.4. The van der Waals surface area contributed by atoms with Crippen LogP contribution in [0.2, 0.25) is 0 Å². The molecular formula is C44H64N2O7. The SMILES string of the molecule is CC/C=C\C/C=C\C/C=C\C/C=C\C/C=C\C/C=C\CCC(=O)NCC(=O)OC(C)C(NC(=O)C(C)(C)CCCOc1cc(C)ccc1C)C(=O)OC. The number of ether oxygens (including phenoxy) is 3. The predicted octanol–water partition coefficient (Wildman–Crippen LogP) is 8.67. The van der Waals surface area contributed by atoms with Gasteiger partial charge >= 0.3 is 11.9 Å². The number of benzene rings is 1. The van der Waals surface area contributed by atoms with Gasteiger partial charge in [0.25, 0.3) is 0 Å². The van der Waals surface area contributed by atoms with Crippen LogP contribution < -0.4 is 15.4 Å². The highest BCUT2D eigenvalue weighted by atomic mass is 16.6. The summed E-state index contributed by atoms with van der Waals surface area (Å²) in [5.74, 6) is -1.34. The number of esters is 2. The zero-order chi connectivity index (χ0) is 39.3. The number of nitrogens with one attached hydrogen (secondary N) is 2. The summed E-state index contributed by atoms with van der Waals surface area (Å²) in [4.78, 5) is 50.5. The van der Waals surface area contributed by atoms with Gasteiger partial charge in [-0.25, -0.2) is 4.79 Å². The van der Waals surface area contributed by atoms with E-state index in [1.807, 2.05) is 44.2 Å². The third-order valence-corrected chi connectivity index (χ3v) is 8.25. The number of hydrogen-bond donors (Lipinski definition) is 2. The van der Waals surface area contributed by atoms with Gasteiger partial charge in [0.05, 0.1) is 13.7 Å². The van der Waals surface area contributed by atoms with Crippen LogP contribution in [-0.4, -0.2) is 56.2 Å². The van der Waals surface area contributed by atoms with Crippen molar-refractivity contribution in [2.24, 2.45) is 5.41 Å². The molecule has 9 nitrogen and oxygen atoms in total. The van der Waals surface area contributed by atoms with Gasteiger partial charge in [-0.3, -0.25) is 14.4 Å². The van der Waals surface area contributed by atoms with Crippen LogP contribution in [0.1, 0.15) is 103 Å². The molecule has 0 aliphatic rings. The molecule has 0 spiro atoms. The maximum absolute atomic E-state index is 13.2. The van der Waals surface area contributed by atoms with Gasteiger partial charge in [0.1, 0.15) is 18.4 Å². The molecule has 0 aliphatic carbocycles. The lowest BCUT2D eigenvalue weighted by Crippen LogP contribution is -2.53. The van der Waals surface area contributed by atoms with E-state index in [0.29, 0.717) is 25.9 Å². The lowest BCUT2D eigenvalue weighted by atomic mass is 9.86. The molecule has 1 rings (SSSR count). The number of allylic oxidation sites excluding steroid dienone is 12. The molecule has 53 heavy (non-hydrogen) atoms. The summed E-state index contributed by atoms with van der Waals surface area (Å²) >= 11 is 0. The Hall–Kier alpha value is -4.66. The Morgan fingerprint density at radius 2 is 1.36 bits per heavy atom. The van der Waals surface area contributed by atoms with Crippen LogP contribution in [0.5, 0.6) is 5.75 Å². The van der Waals surface area contributed by atoms with Crippen LogP contribution in [-0.2, 0) is 28.7 Å². The molecule has 0 heterocycles. The second-order valence-corrected chi connectivity index (χ2v) is 13.5. The standard InChI is InChI=1S/C44H64N2O7/c1-8-9-10-11-12-13-14-15-16-17-18-19-20-21-22-23-24-25-26-28-39(47)45-34-40(48)53-37(4)41(42(49)51-7)46-43(50)44(5,6)31-27-32-52-38-33-35(2)29-30-36(38)3/h9-10,12-13,15-16,18-19,21-22,24-25,29-30,33,37,41H,8,11,14,17,20,23,26-28,31-32,34H2,1-7H3,(H,45,47)(H,46,50)/b10-9-,13-12-,16-15-,19-18-,22-21-,25-24-. The van der Waals surface area contributed by atoms with Gasteiger partial charge in [-0.15, -0.1) is 0 Å². The van der Waals surface area contributed by atoms with E-state index in [2.05, 4.69) is 78.3 Å². The Labute approximate surface area is 318 Å². The Morgan fingerprint density at radius 3 is 1.91 bits per heavy atom. The number of amides is 2. The van der Waals surface area contributed by atoms with Crippen molar-refractivity contribution in [3.8, 4) is 5.75 Å². The molecule has 0 saturated heterocycles. The third-order valence-electron chi connectivity index (χ3n) is 8.25. The van der Waals surface area contributed by atoms with Gasteiger partial charge in [-0.2, -0.15) is 0 Å². The van der Waals surface area contributed by atoms with Crippen molar-refractivity contribution in [3.63, 3.8) is 0 Å². The second-order valence-electron chi connectivity index (χ2n) is 13.5. The molecule has 2 atom stereocenters. The fourth-order valence-electron chi connectivity index (χ4n) is 4.93. The highest BCUT2D eigenvalue weighted by Gasteiger charge is 2.35. The van der Waals surface area contributed by atoms with Gasteiger partial charge in [0.2, 0.25) is 11.8 Å². The monoisotopic (exact) mass is 732 g/mol. The van der Waals surface area contributed by atoms with E-state index >= 15 is 0 Å². The van der Waals surface area contributed by atoms with Crippen molar-refractivity contribution in [2.75, 3.05) is 20.3 Å². The molecule has 0 radical (unpaired) electrons. The molecule has 9 heteroatoms. The average Bonchev–Trinajstić information content (AvgIpc) is 3.13. The molecule has 2 amide bonds. The molecule has 0 bridgehead atoms. The van der Waals surface area contributed by atoms with E-state index in [4.69, 9.17) is 14.2 Å². The minimum Gasteiger partial charge on any atom is -0.493 e. The third kappa shape index (κ3) is 22.1. The van der Waals surface area contributed by atoms with Crippen molar-refractivity contribution in [3.05, 3.63) is 102 Å². The zero-order valence-corrected chi connectivity index (χ0v) is 33.2. The minimum absolute atomic E-state index is 0.219. The zero-order valence-electron chi connectivity index (χ0n) is 33.2. The number of rotatable bonds is 26. The summed E-state index contributed by atoms with van der Waals surface area (Å²) in [6.45, 7) is 11.2. The van der Waals surface area contributed by atoms with Crippen LogP contribution >= 0.6 is 0 Å². The van der Waals surface area contributed by atoms with E-state index in [9.17, 15) is 19.2 Å². The first-order chi connectivity index (χ1) is 25.4. The van der Waals surface area contributed by atoms with Gasteiger partial charge < -0.3 is 24.8 Å². The Bertz CT molecular complexity index is 1430. The maximum atomic E-state index is 13.2. The molecule has 2 N–H and O–H groups in total. The Morgan fingerprint density at radius 1 is 0.811 bits per heavy atom.